The van der Waals surface area contributed by atoms with Crippen molar-refractivity contribution in [2.75, 3.05) is 13.1 Å². The Bertz CT molecular complexity index is 1000. The van der Waals surface area contributed by atoms with Crippen LogP contribution in [0.4, 0.5) is 0 Å². The van der Waals surface area contributed by atoms with Crippen molar-refractivity contribution in [3.63, 3.8) is 0 Å². The first-order valence-corrected chi connectivity index (χ1v) is 10.7. The molecule has 0 saturated carbocycles. The third-order valence-corrected chi connectivity index (χ3v) is 6.09. The van der Waals surface area contributed by atoms with E-state index in [0.717, 1.165) is 48.4 Å². The van der Waals surface area contributed by atoms with Crippen molar-refractivity contribution >= 4 is 16.9 Å². The van der Waals surface area contributed by atoms with E-state index < -0.39 is 0 Å². The van der Waals surface area contributed by atoms with Crippen molar-refractivity contribution in [3.05, 3.63) is 54.1 Å². The van der Waals surface area contributed by atoms with Gasteiger partial charge in [0.2, 0.25) is 5.91 Å². The first kappa shape index (κ1) is 19.7. The Balaban J connectivity index is 1.69. The predicted molar refractivity (Wildman–Crippen MR) is 119 cm³/mol. The molecule has 1 fully saturated rings. The normalized spacial score (nSPS) is 15.8. The molecular formula is C25H31N3O. The molecule has 1 amide bonds. The van der Waals surface area contributed by atoms with Crippen molar-refractivity contribution in [3.8, 4) is 11.4 Å². The van der Waals surface area contributed by atoms with E-state index in [2.05, 4.69) is 62.6 Å². The average molecular weight is 390 g/mol. The monoisotopic (exact) mass is 389 g/mol. The van der Waals surface area contributed by atoms with Crippen LogP contribution in [0.3, 0.4) is 0 Å². The standard InChI is InChI=1S/C25H31N3O/c1-18-13-15-27(16-14-18)23(29)17-28-22-8-6-5-7-21(22)26-24(28)19-9-11-20(12-10-19)25(2,3)4/h5-12,18H,13-17H2,1-4H3. The summed E-state index contributed by atoms with van der Waals surface area (Å²) >= 11 is 0. The van der Waals surface area contributed by atoms with Gasteiger partial charge in [-0.15, -0.1) is 0 Å². The van der Waals surface area contributed by atoms with Gasteiger partial charge in [0, 0.05) is 18.7 Å². The van der Waals surface area contributed by atoms with Gasteiger partial charge < -0.3 is 9.47 Å². The fourth-order valence-corrected chi connectivity index (χ4v) is 4.07. The summed E-state index contributed by atoms with van der Waals surface area (Å²) in [6.07, 6.45) is 2.19. The molecule has 0 atom stereocenters. The zero-order valence-corrected chi connectivity index (χ0v) is 18.0. The summed E-state index contributed by atoms with van der Waals surface area (Å²) in [5, 5.41) is 0. The molecule has 1 saturated heterocycles. The van der Waals surface area contributed by atoms with Crippen LogP contribution in [0.5, 0.6) is 0 Å². The number of benzene rings is 2. The molecule has 29 heavy (non-hydrogen) atoms. The predicted octanol–water partition coefficient (Wildman–Crippen LogP) is 5.26. The summed E-state index contributed by atoms with van der Waals surface area (Å²) in [7, 11) is 0. The Morgan fingerprint density at radius 3 is 2.34 bits per heavy atom. The zero-order chi connectivity index (χ0) is 20.6. The first-order chi connectivity index (χ1) is 13.8. The second kappa shape index (κ2) is 7.66. The number of likely N-dealkylation sites (tertiary alicyclic amines) is 1. The van der Waals surface area contributed by atoms with Gasteiger partial charge in [-0.05, 0) is 41.9 Å². The Labute approximate surface area is 173 Å². The van der Waals surface area contributed by atoms with Gasteiger partial charge in [-0.25, -0.2) is 4.98 Å². The Morgan fingerprint density at radius 2 is 1.69 bits per heavy atom. The van der Waals surface area contributed by atoms with E-state index in [-0.39, 0.29) is 11.3 Å². The summed E-state index contributed by atoms with van der Waals surface area (Å²) < 4.78 is 2.09. The first-order valence-electron chi connectivity index (χ1n) is 10.7. The highest BCUT2D eigenvalue weighted by atomic mass is 16.2. The Hall–Kier alpha value is -2.62. The molecule has 1 aliphatic heterocycles. The fraction of sp³-hybridized carbons (Fsp3) is 0.440. The summed E-state index contributed by atoms with van der Waals surface area (Å²) in [5.74, 6) is 1.77. The molecule has 1 aliphatic rings. The number of rotatable bonds is 3. The van der Waals surface area contributed by atoms with Crippen molar-refractivity contribution < 1.29 is 4.79 Å². The Kier molecular flexibility index (Phi) is 5.20. The molecule has 4 rings (SSSR count). The van der Waals surface area contributed by atoms with Gasteiger partial charge in [0.25, 0.3) is 0 Å². The van der Waals surface area contributed by atoms with Gasteiger partial charge in [0.1, 0.15) is 12.4 Å². The van der Waals surface area contributed by atoms with Crippen LogP contribution in [0.25, 0.3) is 22.4 Å². The average Bonchev–Trinajstić information content (AvgIpc) is 3.06. The van der Waals surface area contributed by atoms with E-state index in [4.69, 9.17) is 4.98 Å². The number of carbonyl (C=O) groups is 1. The Morgan fingerprint density at radius 1 is 1.03 bits per heavy atom. The number of fused-ring (bicyclic) bond motifs is 1. The fourth-order valence-electron chi connectivity index (χ4n) is 4.07. The summed E-state index contributed by atoms with van der Waals surface area (Å²) in [4.78, 5) is 20.0. The van der Waals surface area contributed by atoms with Crippen molar-refractivity contribution in [1.29, 1.82) is 0 Å². The number of aromatic nitrogens is 2. The number of para-hydroxylation sites is 2. The van der Waals surface area contributed by atoms with Crippen LogP contribution < -0.4 is 0 Å². The molecule has 0 aliphatic carbocycles. The van der Waals surface area contributed by atoms with Crippen molar-refractivity contribution in [2.24, 2.45) is 5.92 Å². The van der Waals surface area contributed by atoms with Gasteiger partial charge in [-0.1, -0.05) is 64.1 Å². The maximum absolute atomic E-state index is 13.1. The molecule has 1 aromatic heterocycles. The lowest BCUT2D eigenvalue weighted by atomic mass is 9.87. The number of carbonyl (C=O) groups excluding carboxylic acids is 1. The van der Waals surface area contributed by atoms with Gasteiger partial charge in [-0.3, -0.25) is 4.79 Å². The molecule has 4 heteroatoms. The lowest BCUT2D eigenvalue weighted by Crippen LogP contribution is -2.39. The van der Waals surface area contributed by atoms with Crippen LogP contribution in [0.1, 0.15) is 46.1 Å². The molecular weight excluding hydrogens is 358 g/mol. The number of imidazole rings is 1. The zero-order valence-electron chi connectivity index (χ0n) is 18.0. The van der Waals surface area contributed by atoms with Crippen molar-refractivity contribution in [1.82, 2.24) is 14.5 Å². The van der Waals surface area contributed by atoms with Gasteiger partial charge in [0.15, 0.2) is 0 Å². The van der Waals surface area contributed by atoms with E-state index >= 15 is 0 Å². The molecule has 0 spiro atoms. The number of nitrogens with zero attached hydrogens (tertiary/aromatic N) is 3. The molecule has 0 radical (unpaired) electrons. The van der Waals surface area contributed by atoms with Crippen LogP contribution in [0, 0.1) is 5.92 Å². The van der Waals surface area contributed by atoms with E-state index in [0.29, 0.717) is 12.5 Å². The molecule has 4 nitrogen and oxygen atoms in total. The number of amides is 1. The van der Waals surface area contributed by atoms with Gasteiger partial charge >= 0.3 is 0 Å². The molecule has 3 aromatic rings. The molecule has 152 valence electrons. The topological polar surface area (TPSA) is 38.1 Å². The second-order valence-electron chi connectivity index (χ2n) is 9.40. The minimum absolute atomic E-state index is 0.111. The summed E-state index contributed by atoms with van der Waals surface area (Å²) in [6, 6.07) is 16.7. The smallest absolute Gasteiger partial charge is 0.242 e. The van der Waals surface area contributed by atoms with Gasteiger partial charge in [-0.2, -0.15) is 0 Å². The summed E-state index contributed by atoms with van der Waals surface area (Å²) in [6.45, 7) is 11.0. The SMILES string of the molecule is CC1CCN(C(=O)Cn2c(-c3ccc(C(C)(C)C)cc3)nc3ccccc32)CC1. The maximum Gasteiger partial charge on any atom is 0.242 e. The highest BCUT2D eigenvalue weighted by Crippen LogP contribution is 2.28. The van der Waals surface area contributed by atoms with Crippen LogP contribution in [-0.4, -0.2) is 33.4 Å². The quantitative estimate of drug-likeness (QED) is 0.613. The van der Waals surface area contributed by atoms with Crippen LogP contribution in [0.2, 0.25) is 0 Å². The molecule has 2 heterocycles. The van der Waals surface area contributed by atoms with E-state index in [1.165, 1.54) is 5.56 Å². The van der Waals surface area contributed by atoms with E-state index in [1.54, 1.807) is 0 Å². The second-order valence-corrected chi connectivity index (χ2v) is 9.40. The minimum Gasteiger partial charge on any atom is -0.341 e. The lowest BCUT2D eigenvalue weighted by molar-refractivity contribution is -0.133. The van der Waals surface area contributed by atoms with Gasteiger partial charge in [0.05, 0.1) is 11.0 Å². The minimum atomic E-state index is 0.111. The largest absolute Gasteiger partial charge is 0.341 e. The van der Waals surface area contributed by atoms with Crippen LogP contribution in [0.15, 0.2) is 48.5 Å². The molecule has 0 unspecified atom stereocenters. The van der Waals surface area contributed by atoms with E-state index in [9.17, 15) is 4.79 Å². The van der Waals surface area contributed by atoms with Crippen LogP contribution in [-0.2, 0) is 16.8 Å². The third-order valence-electron chi connectivity index (χ3n) is 6.09. The summed E-state index contributed by atoms with van der Waals surface area (Å²) in [5.41, 5.74) is 4.40. The maximum atomic E-state index is 13.1. The van der Waals surface area contributed by atoms with Crippen LogP contribution >= 0.6 is 0 Å². The third kappa shape index (κ3) is 4.07. The number of hydrogen-bond donors (Lipinski definition) is 0. The highest BCUT2D eigenvalue weighted by Gasteiger charge is 2.23. The molecule has 0 bridgehead atoms. The highest BCUT2D eigenvalue weighted by molar-refractivity contribution is 5.84. The number of hydrogen-bond acceptors (Lipinski definition) is 2. The molecule has 2 aromatic carbocycles. The lowest BCUT2D eigenvalue weighted by Gasteiger charge is -2.30. The number of piperidine rings is 1. The van der Waals surface area contributed by atoms with Crippen molar-refractivity contribution in [2.45, 2.75) is 52.5 Å². The molecule has 0 N–H and O–H groups in total. The van der Waals surface area contributed by atoms with E-state index in [1.807, 2.05) is 23.1 Å².